The molecular weight excluding hydrogens is 256 g/mol. The first kappa shape index (κ1) is 13.5. The molecule has 3 rings (SSSR count). The second-order valence-electron chi connectivity index (χ2n) is 5.19. The number of carbonyl (C=O) groups is 1. The van der Waals surface area contributed by atoms with E-state index in [0.29, 0.717) is 13.2 Å². The number of hydrogen-bond acceptors (Lipinski definition) is 4. The first-order valence-corrected chi connectivity index (χ1v) is 7.20. The van der Waals surface area contributed by atoms with E-state index in [-0.39, 0.29) is 18.2 Å². The summed E-state index contributed by atoms with van der Waals surface area (Å²) in [5.41, 5.74) is 1.79. The van der Waals surface area contributed by atoms with Gasteiger partial charge in [-0.25, -0.2) is 0 Å². The smallest absolute Gasteiger partial charge is 0.241 e. The van der Waals surface area contributed by atoms with Gasteiger partial charge in [-0.3, -0.25) is 4.79 Å². The second kappa shape index (κ2) is 6.35. The van der Waals surface area contributed by atoms with Gasteiger partial charge in [0, 0.05) is 11.3 Å². The fourth-order valence-electron chi connectivity index (χ4n) is 2.58. The number of anilines is 1. The lowest BCUT2D eigenvalue weighted by Gasteiger charge is -2.22. The molecule has 2 fully saturated rings. The summed E-state index contributed by atoms with van der Waals surface area (Å²) in [4.78, 5) is 12.1. The lowest BCUT2D eigenvalue weighted by Crippen LogP contribution is -2.43. The first-order chi connectivity index (χ1) is 9.83. The van der Waals surface area contributed by atoms with Gasteiger partial charge in [0.05, 0.1) is 19.3 Å². The van der Waals surface area contributed by atoms with Crippen molar-refractivity contribution in [3.05, 3.63) is 29.8 Å². The minimum atomic E-state index is -0.264. The number of amides is 1. The van der Waals surface area contributed by atoms with Gasteiger partial charge >= 0.3 is 0 Å². The molecule has 2 N–H and O–H groups in total. The summed E-state index contributed by atoms with van der Waals surface area (Å²) in [5, 5.41) is 6.19. The molecule has 2 aliphatic rings. The molecule has 2 heterocycles. The van der Waals surface area contributed by atoms with Crippen LogP contribution < -0.4 is 10.6 Å². The normalized spacial score (nSPS) is 23.7. The minimum Gasteiger partial charge on any atom is -0.346 e. The van der Waals surface area contributed by atoms with Crippen molar-refractivity contribution in [3.63, 3.8) is 0 Å². The van der Waals surface area contributed by atoms with Crippen LogP contribution in [0, 0.1) is 0 Å². The van der Waals surface area contributed by atoms with E-state index in [2.05, 4.69) is 10.6 Å². The summed E-state index contributed by atoms with van der Waals surface area (Å²) in [6.07, 6.45) is 2.91. The second-order valence-corrected chi connectivity index (χ2v) is 5.19. The Bertz CT molecular complexity index is 449. The summed E-state index contributed by atoms with van der Waals surface area (Å²) in [6.45, 7) is 2.19. The Morgan fingerprint density at radius 2 is 1.90 bits per heavy atom. The Hall–Kier alpha value is -1.43. The minimum absolute atomic E-state index is 0.0471. The maximum Gasteiger partial charge on any atom is 0.241 e. The third-order valence-electron chi connectivity index (χ3n) is 3.70. The van der Waals surface area contributed by atoms with E-state index >= 15 is 0 Å². The van der Waals surface area contributed by atoms with Crippen molar-refractivity contribution in [2.24, 2.45) is 0 Å². The number of nitrogens with one attached hydrogen (secondary N) is 2. The van der Waals surface area contributed by atoms with E-state index in [1.165, 1.54) is 0 Å². The van der Waals surface area contributed by atoms with Crippen molar-refractivity contribution in [1.82, 2.24) is 5.32 Å². The summed E-state index contributed by atoms with van der Waals surface area (Å²) < 4.78 is 10.9. The molecule has 5 heteroatoms. The number of rotatable bonds is 3. The standard InChI is InChI=1S/C15H20N2O3/c18-14(13-3-1-2-8-16-13)17-12-6-4-11(5-7-12)15-19-9-10-20-15/h4-7,13,15-16H,1-3,8-10H2,(H,17,18)/t13-/m0/s1. The Balaban J connectivity index is 1.58. The van der Waals surface area contributed by atoms with Crippen LogP contribution in [0.3, 0.4) is 0 Å². The zero-order chi connectivity index (χ0) is 13.8. The lowest BCUT2D eigenvalue weighted by atomic mass is 10.0. The average molecular weight is 276 g/mol. The van der Waals surface area contributed by atoms with E-state index in [9.17, 15) is 4.79 Å². The summed E-state index contributed by atoms with van der Waals surface area (Å²) in [5.74, 6) is 0.0471. The van der Waals surface area contributed by atoms with E-state index < -0.39 is 0 Å². The van der Waals surface area contributed by atoms with Gasteiger partial charge in [-0.05, 0) is 31.5 Å². The molecule has 0 spiro atoms. The predicted molar refractivity (Wildman–Crippen MR) is 75.4 cm³/mol. The zero-order valence-electron chi connectivity index (χ0n) is 11.4. The summed E-state index contributed by atoms with van der Waals surface area (Å²) in [6, 6.07) is 7.58. The van der Waals surface area contributed by atoms with Crippen molar-refractivity contribution in [2.75, 3.05) is 25.1 Å². The molecule has 2 saturated heterocycles. The van der Waals surface area contributed by atoms with Crippen molar-refractivity contribution in [1.29, 1.82) is 0 Å². The van der Waals surface area contributed by atoms with Crippen LogP contribution in [0.4, 0.5) is 5.69 Å². The number of ether oxygens (including phenoxy) is 2. The molecule has 5 nitrogen and oxygen atoms in total. The van der Waals surface area contributed by atoms with Crippen molar-refractivity contribution in [3.8, 4) is 0 Å². The Labute approximate surface area is 118 Å². The summed E-state index contributed by atoms with van der Waals surface area (Å²) in [7, 11) is 0. The van der Waals surface area contributed by atoms with Crippen LogP contribution in [0.5, 0.6) is 0 Å². The fraction of sp³-hybridized carbons (Fsp3) is 0.533. The van der Waals surface area contributed by atoms with Crippen LogP contribution in [0.25, 0.3) is 0 Å². The van der Waals surface area contributed by atoms with Gasteiger partial charge in [0.1, 0.15) is 0 Å². The average Bonchev–Trinajstić information content (AvgIpc) is 3.03. The molecule has 108 valence electrons. The molecule has 0 unspecified atom stereocenters. The molecule has 0 saturated carbocycles. The summed E-state index contributed by atoms with van der Waals surface area (Å²) >= 11 is 0. The molecule has 2 aliphatic heterocycles. The molecule has 1 amide bonds. The van der Waals surface area contributed by atoms with Crippen LogP contribution in [0.2, 0.25) is 0 Å². The lowest BCUT2D eigenvalue weighted by molar-refractivity contribution is -0.118. The Morgan fingerprint density at radius 1 is 1.15 bits per heavy atom. The Morgan fingerprint density at radius 3 is 2.55 bits per heavy atom. The third kappa shape index (κ3) is 3.17. The molecule has 1 aromatic carbocycles. The van der Waals surface area contributed by atoms with Gasteiger partial charge in [-0.15, -0.1) is 0 Å². The molecule has 0 radical (unpaired) electrons. The monoisotopic (exact) mass is 276 g/mol. The largest absolute Gasteiger partial charge is 0.346 e. The third-order valence-corrected chi connectivity index (χ3v) is 3.70. The number of hydrogen-bond donors (Lipinski definition) is 2. The van der Waals surface area contributed by atoms with Gasteiger partial charge in [-0.2, -0.15) is 0 Å². The highest BCUT2D eigenvalue weighted by molar-refractivity contribution is 5.94. The van der Waals surface area contributed by atoms with Crippen LogP contribution in [-0.4, -0.2) is 31.7 Å². The van der Waals surface area contributed by atoms with Crippen molar-refractivity contribution in [2.45, 2.75) is 31.6 Å². The van der Waals surface area contributed by atoms with E-state index in [1.54, 1.807) is 0 Å². The van der Waals surface area contributed by atoms with Crippen molar-refractivity contribution >= 4 is 11.6 Å². The van der Waals surface area contributed by atoms with E-state index in [1.807, 2.05) is 24.3 Å². The van der Waals surface area contributed by atoms with Crippen LogP contribution in [0.1, 0.15) is 31.1 Å². The van der Waals surface area contributed by atoms with Crippen LogP contribution in [-0.2, 0) is 14.3 Å². The van der Waals surface area contributed by atoms with Crippen molar-refractivity contribution < 1.29 is 14.3 Å². The number of benzene rings is 1. The van der Waals surface area contributed by atoms with E-state index in [4.69, 9.17) is 9.47 Å². The highest BCUT2D eigenvalue weighted by atomic mass is 16.7. The quantitative estimate of drug-likeness (QED) is 0.884. The highest BCUT2D eigenvalue weighted by Gasteiger charge is 2.21. The van der Waals surface area contributed by atoms with Gasteiger partial charge in [-0.1, -0.05) is 18.6 Å². The maximum absolute atomic E-state index is 12.1. The predicted octanol–water partition coefficient (Wildman–Crippen LogP) is 1.81. The number of carbonyl (C=O) groups excluding carboxylic acids is 1. The topological polar surface area (TPSA) is 59.6 Å². The molecule has 20 heavy (non-hydrogen) atoms. The molecular formula is C15H20N2O3. The molecule has 1 aromatic rings. The van der Waals surface area contributed by atoms with Gasteiger partial charge in [0.25, 0.3) is 0 Å². The van der Waals surface area contributed by atoms with Gasteiger partial charge < -0.3 is 20.1 Å². The van der Waals surface area contributed by atoms with Crippen LogP contribution >= 0.6 is 0 Å². The van der Waals surface area contributed by atoms with E-state index in [0.717, 1.165) is 37.1 Å². The molecule has 1 atom stereocenters. The van der Waals surface area contributed by atoms with Crippen LogP contribution in [0.15, 0.2) is 24.3 Å². The zero-order valence-corrected chi connectivity index (χ0v) is 11.4. The Kier molecular flexibility index (Phi) is 4.30. The first-order valence-electron chi connectivity index (χ1n) is 7.20. The highest BCUT2D eigenvalue weighted by Crippen LogP contribution is 2.24. The SMILES string of the molecule is O=C(Nc1ccc(C2OCCO2)cc1)[C@@H]1CCCCN1. The number of piperidine rings is 1. The molecule has 0 aliphatic carbocycles. The fourth-order valence-corrected chi connectivity index (χ4v) is 2.58. The molecule has 0 aromatic heterocycles. The maximum atomic E-state index is 12.1. The molecule has 0 bridgehead atoms. The van der Waals surface area contributed by atoms with Gasteiger partial charge in [0.2, 0.25) is 5.91 Å². The van der Waals surface area contributed by atoms with Gasteiger partial charge in [0.15, 0.2) is 6.29 Å².